The highest BCUT2D eigenvalue weighted by Gasteiger charge is 2.28. The fraction of sp³-hybridized carbons (Fsp3) is 0.299. The number of pyridine rings is 1. The molecule has 0 amide bonds. The van der Waals surface area contributed by atoms with Crippen LogP contribution >= 0.6 is 0 Å². The third kappa shape index (κ3) is 10.4. The number of hydrogen-bond donors (Lipinski definition) is 2. The largest absolute Gasteiger partial charge is 0.457 e. The van der Waals surface area contributed by atoms with Crippen molar-refractivity contribution in [2.24, 2.45) is 0 Å². The molecule has 0 atom stereocenters. The average Bonchev–Trinajstić information content (AvgIpc) is 3.64. The van der Waals surface area contributed by atoms with E-state index < -0.39 is 0 Å². The van der Waals surface area contributed by atoms with Crippen molar-refractivity contribution < 1.29 is 4.74 Å². The van der Waals surface area contributed by atoms with Crippen LogP contribution in [0.3, 0.4) is 0 Å². The Morgan fingerprint density at radius 3 is 1.65 bits per heavy atom. The van der Waals surface area contributed by atoms with Gasteiger partial charge in [0.05, 0.1) is 28.1 Å². The van der Waals surface area contributed by atoms with Crippen LogP contribution in [0.2, 0.25) is 0 Å². The van der Waals surface area contributed by atoms with Gasteiger partial charge in [-0.1, -0.05) is 183 Å². The predicted molar refractivity (Wildman–Crippen MR) is 309 cm³/mol. The number of para-hydroxylation sites is 3. The van der Waals surface area contributed by atoms with Crippen LogP contribution < -0.4 is 15.4 Å². The number of anilines is 4. The van der Waals surface area contributed by atoms with Gasteiger partial charge in [-0.2, -0.15) is 0 Å². The van der Waals surface area contributed by atoms with Crippen LogP contribution in [0.1, 0.15) is 132 Å². The summed E-state index contributed by atoms with van der Waals surface area (Å²) < 4.78 is 8.97. The van der Waals surface area contributed by atoms with Gasteiger partial charge in [-0.15, -0.1) is 0 Å². The number of fused-ring (bicyclic) bond motifs is 3. The first-order valence-corrected chi connectivity index (χ1v) is 25.7. The fourth-order valence-corrected chi connectivity index (χ4v) is 9.59. The SMILES string of the molecule is CC(C)(C)c1cc(-c2cccc(-c3cc(C(C)(C)C)cc(C(C)(C)C)c3Nc3ccccc3Nc3cccc(Oc4ccc5c6ccccc6n(-c6cc(C(C)(C)C)ccn6)c5c4)c3)c2)cc(C(C)(C)C)c1. The highest BCUT2D eigenvalue weighted by atomic mass is 16.5. The molecule has 0 saturated heterocycles. The number of nitrogens with zero attached hydrogens (tertiary/aromatic N) is 2. The Balaban J connectivity index is 1.08. The second kappa shape index (κ2) is 18.5. The van der Waals surface area contributed by atoms with E-state index in [0.29, 0.717) is 0 Å². The van der Waals surface area contributed by atoms with Gasteiger partial charge in [-0.05, 0) is 138 Å². The van der Waals surface area contributed by atoms with Gasteiger partial charge in [-0.3, -0.25) is 4.57 Å². The van der Waals surface area contributed by atoms with E-state index in [1.165, 1.54) is 55.5 Å². The summed E-state index contributed by atoms with van der Waals surface area (Å²) in [6.07, 6.45) is 1.92. The molecule has 9 aromatic rings. The number of benzene rings is 7. The third-order valence-electron chi connectivity index (χ3n) is 14.0. The Morgan fingerprint density at radius 1 is 0.403 bits per heavy atom. The second-order valence-corrected chi connectivity index (χ2v) is 24.9. The Hall–Kier alpha value is -7.11. The Kier molecular flexibility index (Phi) is 12.8. The Labute approximate surface area is 429 Å². The summed E-state index contributed by atoms with van der Waals surface area (Å²) in [6, 6.07) is 57.1. The maximum absolute atomic E-state index is 6.71. The molecule has 0 saturated carbocycles. The zero-order chi connectivity index (χ0) is 51.5. The highest BCUT2D eigenvalue weighted by molar-refractivity contribution is 6.09. The van der Waals surface area contributed by atoms with E-state index in [1.54, 1.807) is 0 Å². The summed E-state index contributed by atoms with van der Waals surface area (Å²) in [4.78, 5) is 4.89. The van der Waals surface area contributed by atoms with Gasteiger partial charge in [0.2, 0.25) is 0 Å². The summed E-state index contributed by atoms with van der Waals surface area (Å²) in [5.41, 5.74) is 17.2. The minimum Gasteiger partial charge on any atom is -0.457 e. The zero-order valence-electron chi connectivity index (χ0n) is 45.4. The van der Waals surface area contributed by atoms with Gasteiger partial charge in [0.1, 0.15) is 17.3 Å². The molecule has 0 radical (unpaired) electrons. The van der Waals surface area contributed by atoms with Crippen LogP contribution in [-0.2, 0) is 27.1 Å². The standard InChI is InChI=1S/C67H74N4O/c1-63(2,3)46-32-33-68-61(40-46)71-59-29-19-16-26-53(59)54-31-30-52(42-60(54)71)72-51-25-21-24-50(41-51)69-57-27-17-18-28-58(57)70-62-55(38-49(66(10,11)12)39-56(62)67(13,14)15)44-23-20-22-43(34-44)45-35-47(64(4,5)6)37-48(36-45)65(7,8)9/h16-42,69-70H,1-15H3. The highest BCUT2D eigenvalue weighted by Crippen LogP contribution is 2.45. The maximum Gasteiger partial charge on any atom is 0.137 e. The predicted octanol–water partition coefficient (Wildman–Crippen LogP) is 19.3. The van der Waals surface area contributed by atoms with Crippen molar-refractivity contribution in [3.05, 3.63) is 192 Å². The van der Waals surface area contributed by atoms with Crippen molar-refractivity contribution in [1.29, 1.82) is 0 Å². The molecular formula is C67H74N4O. The smallest absolute Gasteiger partial charge is 0.137 e. The Morgan fingerprint density at radius 2 is 0.986 bits per heavy atom. The van der Waals surface area contributed by atoms with Crippen molar-refractivity contribution in [2.75, 3.05) is 10.6 Å². The quantitative estimate of drug-likeness (QED) is 0.151. The van der Waals surface area contributed by atoms with E-state index in [-0.39, 0.29) is 27.1 Å². The van der Waals surface area contributed by atoms with Crippen LogP contribution in [0.5, 0.6) is 11.5 Å². The lowest BCUT2D eigenvalue weighted by atomic mass is 9.77. The Bertz CT molecular complexity index is 3430. The van der Waals surface area contributed by atoms with Crippen molar-refractivity contribution >= 4 is 44.6 Å². The zero-order valence-corrected chi connectivity index (χ0v) is 45.4. The van der Waals surface area contributed by atoms with Gasteiger partial charge in [-0.25, -0.2) is 4.98 Å². The monoisotopic (exact) mass is 951 g/mol. The number of ether oxygens (including phenoxy) is 1. The molecule has 2 aromatic heterocycles. The van der Waals surface area contributed by atoms with Crippen molar-refractivity contribution in [1.82, 2.24) is 9.55 Å². The van der Waals surface area contributed by atoms with Crippen LogP contribution in [0.25, 0.3) is 49.9 Å². The molecule has 368 valence electrons. The molecule has 0 aliphatic rings. The van der Waals surface area contributed by atoms with Gasteiger partial charge >= 0.3 is 0 Å². The minimum absolute atomic E-state index is 0.0133. The maximum atomic E-state index is 6.71. The molecule has 0 unspecified atom stereocenters. The number of nitrogens with one attached hydrogen (secondary N) is 2. The summed E-state index contributed by atoms with van der Waals surface area (Å²) in [5, 5.41) is 10.2. The van der Waals surface area contributed by atoms with Crippen molar-refractivity contribution in [3.8, 4) is 39.6 Å². The average molecular weight is 951 g/mol. The first kappa shape index (κ1) is 49.9. The molecular weight excluding hydrogens is 877 g/mol. The lowest BCUT2D eigenvalue weighted by molar-refractivity contribution is 0.483. The van der Waals surface area contributed by atoms with E-state index in [4.69, 9.17) is 9.72 Å². The molecule has 5 heteroatoms. The number of aromatic nitrogens is 2. The van der Waals surface area contributed by atoms with Crippen LogP contribution in [0, 0.1) is 0 Å². The summed E-state index contributed by atoms with van der Waals surface area (Å²) >= 11 is 0. The van der Waals surface area contributed by atoms with Gasteiger partial charge in [0.25, 0.3) is 0 Å². The van der Waals surface area contributed by atoms with E-state index >= 15 is 0 Å². The molecule has 0 aliphatic carbocycles. The van der Waals surface area contributed by atoms with Gasteiger partial charge in [0, 0.05) is 40.4 Å². The summed E-state index contributed by atoms with van der Waals surface area (Å²) in [6.45, 7) is 34.5. The third-order valence-corrected chi connectivity index (χ3v) is 14.0. The molecule has 9 rings (SSSR count). The topological polar surface area (TPSA) is 51.1 Å². The van der Waals surface area contributed by atoms with E-state index in [2.05, 4.69) is 265 Å². The second-order valence-electron chi connectivity index (χ2n) is 24.9. The molecule has 2 heterocycles. The van der Waals surface area contributed by atoms with E-state index in [9.17, 15) is 0 Å². The molecule has 0 bridgehead atoms. The molecule has 72 heavy (non-hydrogen) atoms. The van der Waals surface area contributed by atoms with Gasteiger partial charge in [0.15, 0.2) is 0 Å². The molecule has 2 N–H and O–H groups in total. The molecule has 0 fully saturated rings. The summed E-state index contributed by atoms with van der Waals surface area (Å²) in [7, 11) is 0. The van der Waals surface area contributed by atoms with Crippen LogP contribution in [0.15, 0.2) is 164 Å². The number of hydrogen-bond acceptors (Lipinski definition) is 4. The van der Waals surface area contributed by atoms with E-state index in [0.717, 1.165) is 56.5 Å². The molecule has 7 aromatic carbocycles. The summed E-state index contributed by atoms with van der Waals surface area (Å²) in [5.74, 6) is 2.37. The molecule has 0 spiro atoms. The van der Waals surface area contributed by atoms with Gasteiger partial charge < -0.3 is 15.4 Å². The van der Waals surface area contributed by atoms with Crippen LogP contribution in [-0.4, -0.2) is 9.55 Å². The molecule has 0 aliphatic heterocycles. The first-order chi connectivity index (χ1) is 33.8. The fourth-order valence-electron chi connectivity index (χ4n) is 9.59. The number of rotatable bonds is 9. The van der Waals surface area contributed by atoms with Crippen LogP contribution in [0.4, 0.5) is 22.7 Å². The van der Waals surface area contributed by atoms with Crippen molar-refractivity contribution in [2.45, 2.75) is 131 Å². The van der Waals surface area contributed by atoms with E-state index in [1.807, 2.05) is 18.3 Å². The minimum atomic E-state index is -0.170. The lowest BCUT2D eigenvalue weighted by Crippen LogP contribution is -2.19. The first-order valence-electron chi connectivity index (χ1n) is 25.7. The lowest BCUT2D eigenvalue weighted by Gasteiger charge is -2.31. The normalized spacial score (nSPS) is 12.7. The molecule has 5 nitrogen and oxygen atoms in total. The van der Waals surface area contributed by atoms with Crippen molar-refractivity contribution in [3.63, 3.8) is 0 Å².